The number of aliphatic hydroxyl groups is 1. The fourth-order valence-electron chi connectivity index (χ4n) is 4.37. The van der Waals surface area contributed by atoms with Gasteiger partial charge in [0.2, 0.25) is 0 Å². The lowest BCUT2D eigenvalue weighted by atomic mass is 9.87. The van der Waals surface area contributed by atoms with E-state index in [0.29, 0.717) is 39.6 Å². The Labute approximate surface area is 250 Å². The number of Topliss-reactive ketones (excluding diaryl/α,β-unsaturated/α-hetero) is 1. The molecule has 1 fully saturated rings. The summed E-state index contributed by atoms with van der Waals surface area (Å²) in [5, 5.41) is 14.7. The monoisotopic (exact) mass is 598 g/mol. The second-order valence-electron chi connectivity index (χ2n) is 11.2. The van der Waals surface area contributed by atoms with Gasteiger partial charge in [-0.05, 0) is 94.1 Å². The van der Waals surface area contributed by atoms with E-state index in [1.54, 1.807) is 43.3 Å². The molecule has 2 aromatic carbocycles. The molecule has 10 heteroatoms. The Morgan fingerprint density at radius 3 is 2.45 bits per heavy atom. The van der Waals surface area contributed by atoms with Gasteiger partial charge in [-0.3, -0.25) is 14.9 Å². The molecule has 0 aliphatic heterocycles. The first-order valence-corrected chi connectivity index (χ1v) is 14.1. The maximum absolute atomic E-state index is 13.9. The fourth-order valence-corrected chi connectivity index (χ4v) is 4.55. The molecule has 1 atom stereocenters. The zero-order valence-corrected chi connectivity index (χ0v) is 25.2. The smallest absolute Gasteiger partial charge is 0.319 e. The van der Waals surface area contributed by atoms with E-state index in [1.807, 2.05) is 13.8 Å². The topological polar surface area (TPSA) is 107 Å². The SMILES string of the molecule is COC(=O)CNC(C)(C)c1cc(-c2ccc(F)c(Cl)c2)nc(C(C)(O)CCC(=O)c2ccc(OC3CC3)c(OC)c2)c1. The van der Waals surface area contributed by atoms with Gasteiger partial charge in [-0.1, -0.05) is 11.6 Å². The van der Waals surface area contributed by atoms with Gasteiger partial charge in [0.05, 0.1) is 43.3 Å². The van der Waals surface area contributed by atoms with Crippen LogP contribution in [0.25, 0.3) is 11.3 Å². The lowest BCUT2D eigenvalue weighted by Gasteiger charge is -2.30. The summed E-state index contributed by atoms with van der Waals surface area (Å²) in [5.74, 6) is -0.0868. The molecule has 1 aliphatic carbocycles. The Kier molecular flexibility index (Phi) is 9.55. The maximum Gasteiger partial charge on any atom is 0.319 e. The van der Waals surface area contributed by atoms with Crippen molar-refractivity contribution in [1.82, 2.24) is 10.3 Å². The Morgan fingerprint density at radius 2 is 1.81 bits per heavy atom. The average Bonchev–Trinajstić information content (AvgIpc) is 3.80. The van der Waals surface area contributed by atoms with E-state index in [-0.39, 0.29) is 36.3 Å². The number of nitrogens with zero attached hydrogens (tertiary/aromatic N) is 1. The van der Waals surface area contributed by atoms with Crippen LogP contribution in [0.1, 0.15) is 68.1 Å². The molecule has 1 aliphatic rings. The number of hydrogen-bond acceptors (Lipinski definition) is 8. The number of pyridine rings is 1. The number of methoxy groups -OCH3 is 2. The highest BCUT2D eigenvalue weighted by atomic mass is 35.5. The molecule has 42 heavy (non-hydrogen) atoms. The lowest BCUT2D eigenvalue weighted by molar-refractivity contribution is -0.139. The number of aromatic nitrogens is 1. The molecule has 8 nitrogen and oxygen atoms in total. The van der Waals surface area contributed by atoms with Gasteiger partial charge < -0.3 is 19.3 Å². The first-order chi connectivity index (χ1) is 19.8. The average molecular weight is 599 g/mol. The molecular weight excluding hydrogens is 563 g/mol. The minimum atomic E-state index is -1.51. The summed E-state index contributed by atoms with van der Waals surface area (Å²) >= 11 is 6.06. The summed E-state index contributed by atoms with van der Waals surface area (Å²) in [5.41, 5.74) is 0.179. The predicted octanol–water partition coefficient (Wildman–Crippen LogP) is 5.96. The number of rotatable bonds is 13. The zero-order chi connectivity index (χ0) is 30.7. The molecule has 0 bridgehead atoms. The van der Waals surface area contributed by atoms with Crippen molar-refractivity contribution in [1.29, 1.82) is 0 Å². The van der Waals surface area contributed by atoms with Crippen LogP contribution in [0.5, 0.6) is 11.5 Å². The Bertz CT molecular complexity index is 1470. The highest BCUT2D eigenvalue weighted by Crippen LogP contribution is 2.36. The molecule has 3 aromatic rings. The van der Waals surface area contributed by atoms with Crippen LogP contribution in [-0.2, 0) is 20.7 Å². The first-order valence-electron chi connectivity index (χ1n) is 13.7. The molecule has 0 spiro atoms. The summed E-state index contributed by atoms with van der Waals surface area (Å²) in [6.45, 7) is 5.30. The summed E-state index contributed by atoms with van der Waals surface area (Å²) < 4.78 is 29.9. The van der Waals surface area contributed by atoms with E-state index < -0.39 is 22.9 Å². The normalized spacial score (nSPS) is 14.7. The molecule has 1 unspecified atom stereocenters. The number of nitrogens with one attached hydrogen (secondary N) is 1. The summed E-state index contributed by atoms with van der Waals surface area (Å²) in [4.78, 5) is 29.7. The van der Waals surface area contributed by atoms with E-state index in [4.69, 9.17) is 30.8 Å². The third-order valence-electron chi connectivity index (χ3n) is 7.36. The van der Waals surface area contributed by atoms with Gasteiger partial charge in [-0.15, -0.1) is 0 Å². The van der Waals surface area contributed by atoms with Crippen molar-refractivity contribution in [2.75, 3.05) is 20.8 Å². The van der Waals surface area contributed by atoms with E-state index in [0.717, 1.165) is 12.8 Å². The highest BCUT2D eigenvalue weighted by Gasteiger charge is 2.31. The van der Waals surface area contributed by atoms with Gasteiger partial charge in [-0.25, -0.2) is 9.37 Å². The van der Waals surface area contributed by atoms with Gasteiger partial charge in [0.1, 0.15) is 11.4 Å². The highest BCUT2D eigenvalue weighted by molar-refractivity contribution is 6.31. The minimum absolute atomic E-state index is 0.0343. The molecule has 1 aromatic heterocycles. The molecule has 0 radical (unpaired) electrons. The standard InChI is InChI=1S/C32H36ClFN2O6/c1-31(2,35-18-30(38)41-5)21-16-25(19-6-10-24(34)23(33)14-19)36-29(17-21)32(3,39)13-12-26(37)20-7-11-27(28(15-20)40-4)42-22-8-9-22/h6-7,10-11,14-17,22,35,39H,8-9,12-13,18H2,1-5H3. The van der Waals surface area contributed by atoms with E-state index >= 15 is 0 Å². The lowest BCUT2D eigenvalue weighted by Crippen LogP contribution is -2.40. The minimum Gasteiger partial charge on any atom is -0.493 e. The number of ketones is 1. The number of carbonyl (C=O) groups is 2. The van der Waals surface area contributed by atoms with Crippen LogP contribution in [-0.4, -0.2) is 48.7 Å². The summed E-state index contributed by atoms with van der Waals surface area (Å²) in [6.07, 6.45) is 2.30. The number of ether oxygens (including phenoxy) is 3. The van der Waals surface area contributed by atoms with Gasteiger partial charge in [0.25, 0.3) is 0 Å². The molecular formula is C32H36ClFN2O6. The van der Waals surface area contributed by atoms with Crippen molar-refractivity contribution in [3.63, 3.8) is 0 Å². The Balaban J connectivity index is 1.61. The molecule has 2 N–H and O–H groups in total. The third kappa shape index (κ3) is 7.65. The van der Waals surface area contributed by atoms with Crippen molar-refractivity contribution < 1.29 is 33.3 Å². The molecule has 1 saturated carbocycles. The van der Waals surface area contributed by atoms with Gasteiger partial charge in [0.15, 0.2) is 17.3 Å². The number of carbonyl (C=O) groups excluding carboxylic acids is 2. The first kappa shape index (κ1) is 31.4. The van der Waals surface area contributed by atoms with Crippen LogP contribution in [0.2, 0.25) is 5.02 Å². The van der Waals surface area contributed by atoms with Crippen LogP contribution < -0.4 is 14.8 Å². The number of hydrogen-bond donors (Lipinski definition) is 2. The third-order valence-corrected chi connectivity index (χ3v) is 7.65. The number of halogens is 2. The molecule has 224 valence electrons. The zero-order valence-electron chi connectivity index (χ0n) is 24.4. The fraction of sp³-hybridized carbons (Fsp3) is 0.406. The van der Waals surface area contributed by atoms with Crippen LogP contribution >= 0.6 is 11.6 Å². The van der Waals surface area contributed by atoms with Crippen molar-refractivity contribution in [3.8, 4) is 22.8 Å². The van der Waals surface area contributed by atoms with Crippen molar-refractivity contribution in [2.45, 2.75) is 63.7 Å². The van der Waals surface area contributed by atoms with E-state index in [1.165, 1.54) is 26.4 Å². The Morgan fingerprint density at radius 1 is 1.07 bits per heavy atom. The van der Waals surface area contributed by atoms with Gasteiger partial charge >= 0.3 is 5.97 Å². The van der Waals surface area contributed by atoms with Crippen LogP contribution in [0.4, 0.5) is 4.39 Å². The van der Waals surface area contributed by atoms with E-state index in [9.17, 15) is 19.1 Å². The maximum atomic E-state index is 13.9. The van der Waals surface area contributed by atoms with Crippen molar-refractivity contribution in [3.05, 3.63) is 76.2 Å². The molecule has 0 saturated heterocycles. The Hall–Kier alpha value is -3.53. The molecule has 0 amide bonds. The van der Waals surface area contributed by atoms with Crippen LogP contribution in [0.3, 0.4) is 0 Å². The molecule has 4 rings (SSSR count). The number of esters is 1. The number of benzene rings is 2. The summed E-state index contributed by atoms with van der Waals surface area (Å²) in [6, 6.07) is 12.9. The van der Waals surface area contributed by atoms with Crippen LogP contribution in [0.15, 0.2) is 48.5 Å². The molecule has 1 heterocycles. The van der Waals surface area contributed by atoms with Gasteiger partial charge in [0, 0.05) is 23.1 Å². The van der Waals surface area contributed by atoms with E-state index in [2.05, 4.69) is 5.32 Å². The van der Waals surface area contributed by atoms with Crippen molar-refractivity contribution >= 4 is 23.4 Å². The quantitative estimate of drug-likeness (QED) is 0.183. The second kappa shape index (κ2) is 12.8. The summed E-state index contributed by atoms with van der Waals surface area (Å²) in [7, 11) is 2.84. The predicted molar refractivity (Wildman–Crippen MR) is 157 cm³/mol. The van der Waals surface area contributed by atoms with Gasteiger partial charge in [-0.2, -0.15) is 0 Å². The van der Waals surface area contributed by atoms with Crippen LogP contribution in [0, 0.1) is 5.82 Å². The largest absolute Gasteiger partial charge is 0.493 e. The van der Waals surface area contributed by atoms with Crippen molar-refractivity contribution in [2.24, 2.45) is 0 Å². The second-order valence-corrected chi connectivity index (χ2v) is 11.6.